The largest absolute Gasteiger partial charge is 0.305 e. The van der Waals surface area contributed by atoms with E-state index in [2.05, 4.69) is 20.5 Å². The van der Waals surface area contributed by atoms with E-state index in [-0.39, 0.29) is 5.91 Å². The molecular weight excluding hydrogens is 264 g/mol. The van der Waals surface area contributed by atoms with Crippen molar-refractivity contribution in [2.24, 2.45) is 0 Å². The molecule has 21 heavy (non-hydrogen) atoms. The summed E-state index contributed by atoms with van der Waals surface area (Å²) < 4.78 is 0. The highest BCUT2D eigenvalue weighted by Crippen LogP contribution is 2.16. The highest BCUT2D eigenvalue weighted by molar-refractivity contribution is 6.03. The van der Waals surface area contributed by atoms with Crippen LogP contribution in [0.15, 0.2) is 67.0 Å². The third kappa shape index (κ3) is 3.09. The lowest BCUT2D eigenvalue weighted by Crippen LogP contribution is -2.13. The van der Waals surface area contributed by atoms with Gasteiger partial charge in [0.25, 0.3) is 5.91 Å². The van der Waals surface area contributed by atoms with E-state index in [4.69, 9.17) is 0 Å². The van der Waals surface area contributed by atoms with Crippen LogP contribution < -0.4 is 5.32 Å². The Bertz CT molecular complexity index is 727. The van der Waals surface area contributed by atoms with Gasteiger partial charge in [0.15, 0.2) is 5.82 Å². The summed E-state index contributed by atoms with van der Waals surface area (Å²) in [6.45, 7) is 0. The van der Waals surface area contributed by atoms with Crippen LogP contribution >= 0.6 is 0 Å². The molecule has 0 aliphatic rings. The van der Waals surface area contributed by atoms with E-state index in [1.807, 2.05) is 36.4 Å². The van der Waals surface area contributed by atoms with Gasteiger partial charge in [-0.25, -0.2) is 0 Å². The maximum absolute atomic E-state index is 12.0. The molecule has 0 atom stereocenters. The molecule has 0 spiro atoms. The van der Waals surface area contributed by atoms with Crippen molar-refractivity contribution in [1.29, 1.82) is 0 Å². The van der Waals surface area contributed by atoms with Gasteiger partial charge in [-0.15, -0.1) is 10.2 Å². The zero-order chi connectivity index (χ0) is 14.5. The Kier molecular flexibility index (Phi) is 3.64. The molecule has 0 aliphatic carbocycles. The van der Waals surface area contributed by atoms with Crippen LogP contribution in [0.4, 0.5) is 5.82 Å². The summed E-state index contributed by atoms with van der Waals surface area (Å²) >= 11 is 0. The van der Waals surface area contributed by atoms with Gasteiger partial charge in [0.1, 0.15) is 0 Å². The summed E-state index contributed by atoms with van der Waals surface area (Å²) in [5.74, 6) is 0.177. The van der Waals surface area contributed by atoms with Crippen LogP contribution in [-0.4, -0.2) is 21.1 Å². The Balaban J connectivity index is 1.75. The lowest BCUT2D eigenvalue weighted by molar-refractivity contribution is 0.102. The number of benzene rings is 1. The maximum Gasteiger partial charge on any atom is 0.256 e. The van der Waals surface area contributed by atoms with E-state index in [9.17, 15) is 4.79 Å². The minimum atomic E-state index is -0.237. The van der Waals surface area contributed by atoms with Crippen LogP contribution in [0.1, 0.15) is 10.4 Å². The minimum Gasteiger partial charge on any atom is -0.305 e. The molecule has 1 amide bonds. The fourth-order valence-corrected chi connectivity index (χ4v) is 1.85. The number of rotatable bonds is 3. The van der Waals surface area contributed by atoms with Crippen LogP contribution in [0.25, 0.3) is 11.3 Å². The topological polar surface area (TPSA) is 67.8 Å². The predicted molar refractivity (Wildman–Crippen MR) is 79.7 cm³/mol. The van der Waals surface area contributed by atoms with Gasteiger partial charge in [-0.05, 0) is 24.3 Å². The Morgan fingerprint density at radius 1 is 0.857 bits per heavy atom. The standard InChI is InChI=1S/C16H12N4O/c21-16(13-8-10-17-11-9-13)18-15-7-6-14(19-20-15)12-4-2-1-3-5-12/h1-11H,(H,18,20,21). The molecule has 3 aromatic rings. The van der Waals surface area contributed by atoms with E-state index in [1.165, 1.54) is 0 Å². The molecule has 0 fully saturated rings. The lowest BCUT2D eigenvalue weighted by Gasteiger charge is -2.04. The molecule has 0 radical (unpaired) electrons. The molecule has 0 saturated carbocycles. The lowest BCUT2D eigenvalue weighted by atomic mass is 10.1. The number of hydrogen-bond donors (Lipinski definition) is 1. The molecule has 5 heteroatoms. The van der Waals surface area contributed by atoms with Crippen LogP contribution in [0, 0.1) is 0 Å². The smallest absolute Gasteiger partial charge is 0.256 e. The van der Waals surface area contributed by atoms with Crippen LogP contribution in [0.3, 0.4) is 0 Å². The van der Waals surface area contributed by atoms with Gasteiger partial charge in [-0.2, -0.15) is 0 Å². The number of amides is 1. The van der Waals surface area contributed by atoms with E-state index in [0.29, 0.717) is 11.4 Å². The molecule has 0 bridgehead atoms. The zero-order valence-electron chi connectivity index (χ0n) is 11.1. The molecular formula is C16H12N4O. The van der Waals surface area contributed by atoms with Gasteiger partial charge in [0, 0.05) is 23.5 Å². The number of carbonyl (C=O) groups excluding carboxylic acids is 1. The summed E-state index contributed by atoms with van der Waals surface area (Å²) in [4.78, 5) is 15.8. The van der Waals surface area contributed by atoms with Gasteiger partial charge in [0.05, 0.1) is 5.69 Å². The molecule has 2 aromatic heterocycles. The SMILES string of the molecule is O=C(Nc1ccc(-c2ccccc2)nn1)c1ccncc1. The molecule has 102 valence electrons. The second-order valence-electron chi connectivity index (χ2n) is 4.36. The second kappa shape index (κ2) is 5.92. The predicted octanol–water partition coefficient (Wildman–Crippen LogP) is 2.79. The maximum atomic E-state index is 12.0. The van der Waals surface area contributed by atoms with Gasteiger partial charge in [0.2, 0.25) is 0 Å². The Morgan fingerprint density at radius 2 is 1.62 bits per heavy atom. The van der Waals surface area contributed by atoms with Crippen LogP contribution in [0.2, 0.25) is 0 Å². The molecule has 0 saturated heterocycles. The Morgan fingerprint density at radius 3 is 2.29 bits per heavy atom. The highest BCUT2D eigenvalue weighted by atomic mass is 16.1. The average Bonchev–Trinajstić information content (AvgIpc) is 2.57. The van der Waals surface area contributed by atoms with Crippen molar-refractivity contribution >= 4 is 11.7 Å². The monoisotopic (exact) mass is 276 g/mol. The van der Waals surface area contributed by atoms with Crippen molar-refractivity contribution in [3.8, 4) is 11.3 Å². The molecule has 3 rings (SSSR count). The first-order valence-corrected chi connectivity index (χ1v) is 6.43. The number of anilines is 1. The normalized spacial score (nSPS) is 10.1. The van der Waals surface area contributed by atoms with Gasteiger partial charge in [-0.1, -0.05) is 30.3 Å². The average molecular weight is 276 g/mol. The Labute approximate surface area is 121 Å². The molecule has 5 nitrogen and oxygen atoms in total. The summed E-state index contributed by atoms with van der Waals surface area (Å²) in [7, 11) is 0. The summed E-state index contributed by atoms with van der Waals surface area (Å²) in [5.41, 5.74) is 2.27. The third-order valence-electron chi connectivity index (χ3n) is 2.92. The summed E-state index contributed by atoms with van der Waals surface area (Å²) in [6, 6.07) is 16.6. The molecule has 1 N–H and O–H groups in total. The number of hydrogen-bond acceptors (Lipinski definition) is 4. The number of pyridine rings is 1. The van der Waals surface area contributed by atoms with Crippen LogP contribution in [0.5, 0.6) is 0 Å². The van der Waals surface area contributed by atoms with Crippen molar-refractivity contribution in [3.05, 3.63) is 72.6 Å². The summed E-state index contributed by atoms with van der Waals surface area (Å²) in [6.07, 6.45) is 3.14. The zero-order valence-corrected chi connectivity index (χ0v) is 11.1. The minimum absolute atomic E-state index is 0.237. The summed E-state index contributed by atoms with van der Waals surface area (Å²) in [5, 5.41) is 10.8. The first-order valence-electron chi connectivity index (χ1n) is 6.43. The number of aromatic nitrogens is 3. The fourth-order valence-electron chi connectivity index (χ4n) is 1.85. The molecule has 0 unspecified atom stereocenters. The van der Waals surface area contributed by atoms with E-state index >= 15 is 0 Å². The first-order chi connectivity index (χ1) is 10.3. The van der Waals surface area contributed by atoms with Crippen molar-refractivity contribution in [2.75, 3.05) is 5.32 Å². The molecule has 0 aliphatic heterocycles. The molecule has 2 heterocycles. The Hall–Kier alpha value is -3.08. The van der Waals surface area contributed by atoms with Crippen molar-refractivity contribution in [3.63, 3.8) is 0 Å². The second-order valence-corrected chi connectivity index (χ2v) is 4.36. The van der Waals surface area contributed by atoms with E-state index in [0.717, 1.165) is 11.3 Å². The van der Waals surface area contributed by atoms with Gasteiger partial charge in [-0.3, -0.25) is 9.78 Å². The van der Waals surface area contributed by atoms with Crippen molar-refractivity contribution < 1.29 is 4.79 Å². The van der Waals surface area contributed by atoms with E-state index in [1.54, 1.807) is 30.6 Å². The fraction of sp³-hybridized carbons (Fsp3) is 0. The van der Waals surface area contributed by atoms with Gasteiger partial charge < -0.3 is 5.32 Å². The number of carbonyl (C=O) groups is 1. The molecule has 1 aromatic carbocycles. The number of nitrogens with one attached hydrogen (secondary N) is 1. The van der Waals surface area contributed by atoms with Crippen LogP contribution in [-0.2, 0) is 0 Å². The van der Waals surface area contributed by atoms with Crippen molar-refractivity contribution in [2.45, 2.75) is 0 Å². The van der Waals surface area contributed by atoms with Crippen molar-refractivity contribution in [1.82, 2.24) is 15.2 Å². The van der Waals surface area contributed by atoms with E-state index < -0.39 is 0 Å². The highest BCUT2D eigenvalue weighted by Gasteiger charge is 2.07. The number of nitrogens with zero attached hydrogens (tertiary/aromatic N) is 3. The van der Waals surface area contributed by atoms with Gasteiger partial charge >= 0.3 is 0 Å². The third-order valence-corrected chi connectivity index (χ3v) is 2.92. The first kappa shape index (κ1) is 12.9. The quantitative estimate of drug-likeness (QED) is 0.798.